The molecule has 0 atom stereocenters. The summed E-state index contributed by atoms with van der Waals surface area (Å²) in [6.45, 7) is 5.44. The highest BCUT2D eigenvalue weighted by Gasteiger charge is 2.40. The monoisotopic (exact) mass is 273 g/mol. The van der Waals surface area contributed by atoms with Gasteiger partial charge in [-0.3, -0.25) is 9.48 Å². The van der Waals surface area contributed by atoms with Crippen molar-refractivity contribution in [3.63, 3.8) is 0 Å². The van der Waals surface area contributed by atoms with E-state index in [9.17, 15) is 4.79 Å². The predicted molar refractivity (Wildman–Crippen MR) is 76.2 cm³/mol. The lowest BCUT2D eigenvalue weighted by molar-refractivity contribution is -0.157. The van der Waals surface area contributed by atoms with E-state index in [-0.39, 0.29) is 11.3 Å². The van der Waals surface area contributed by atoms with Gasteiger partial charge in [0, 0.05) is 12.4 Å². The van der Waals surface area contributed by atoms with Crippen molar-refractivity contribution in [1.82, 2.24) is 15.1 Å². The number of ether oxygens (including phenoxy) is 1. The highest BCUT2D eigenvalue weighted by Crippen LogP contribution is 2.27. The minimum Gasteiger partial charge on any atom is -0.379 e. The Morgan fingerprint density at radius 3 is 2.90 bits per heavy atom. The predicted octanol–water partition coefficient (Wildman–Crippen LogP) is 1.53. The summed E-state index contributed by atoms with van der Waals surface area (Å²) in [6.07, 6.45) is 0. The van der Waals surface area contributed by atoms with Crippen molar-refractivity contribution < 1.29 is 9.53 Å². The second kappa shape index (κ2) is 4.59. The van der Waals surface area contributed by atoms with E-state index in [0.717, 1.165) is 16.6 Å². The van der Waals surface area contributed by atoms with Crippen molar-refractivity contribution in [3.8, 4) is 0 Å². The molecule has 0 bridgehead atoms. The summed E-state index contributed by atoms with van der Waals surface area (Å²) in [5.41, 5.74) is 2.80. The minimum atomic E-state index is -0.375. The fourth-order valence-corrected chi connectivity index (χ4v) is 2.50. The van der Waals surface area contributed by atoms with Gasteiger partial charge >= 0.3 is 0 Å². The van der Waals surface area contributed by atoms with Crippen LogP contribution in [0, 0.1) is 12.3 Å². The molecule has 1 amide bonds. The Bertz CT molecular complexity index is 671. The van der Waals surface area contributed by atoms with Crippen LogP contribution in [0.3, 0.4) is 0 Å². The summed E-state index contributed by atoms with van der Waals surface area (Å²) in [5.74, 6) is 0.0372. The molecule has 1 fully saturated rings. The highest BCUT2D eigenvalue weighted by molar-refractivity contribution is 5.85. The normalized spacial score (nSPS) is 16.9. The number of hydrogen-bond donors (Lipinski definition) is 1. The summed E-state index contributed by atoms with van der Waals surface area (Å²) in [5, 5.41) is 8.57. The van der Waals surface area contributed by atoms with Crippen LogP contribution in [0.2, 0.25) is 0 Å². The number of benzene rings is 1. The first kappa shape index (κ1) is 13.1. The van der Waals surface area contributed by atoms with Gasteiger partial charge in [-0.05, 0) is 26.0 Å². The molecule has 1 N–H and O–H groups in total. The molecule has 20 heavy (non-hydrogen) atoms. The molecule has 0 spiro atoms. The summed E-state index contributed by atoms with van der Waals surface area (Å²) in [4.78, 5) is 12.1. The molecule has 3 rings (SSSR count). The van der Waals surface area contributed by atoms with Crippen molar-refractivity contribution in [1.29, 1.82) is 0 Å². The standard InChI is InChI=1S/C15H19N3O2/c1-10-4-5-13-11(6-10)12(17-18(13)3)7-16-14(19)15(2)8-20-9-15/h4-6H,7-9H2,1-3H3,(H,16,19). The number of hydrogen-bond acceptors (Lipinski definition) is 3. The van der Waals surface area contributed by atoms with Gasteiger partial charge in [0.1, 0.15) is 0 Å². The van der Waals surface area contributed by atoms with Crippen molar-refractivity contribution in [3.05, 3.63) is 29.5 Å². The Morgan fingerprint density at radius 2 is 2.25 bits per heavy atom. The lowest BCUT2D eigenvalue weighted by Gasteiger charge is -2.36. The van der Waals surface area contributed by atoms with Crippen molar-refractivity contribution in [2.75, 3.05) is 13.2 Å². The van der Waals surface area contributed by atoms with Crippen LogP contribution in [0.1, 0.15) is 18.2 Å². The van der Waals surface area contributed by atoms with Crippen molar-refractivity contribution in [2.24, 2.45) is 12.5 Å². The van der Waals surface area contributed by atoms with Gasteiger partial charge in [0.05, 0.1) is 36.4 Å². The van der Waals surface area contributed by atoms with E-state index in [2.05, 4.69) is 35.5 Å². The zero-order valence-corrected chi connectivity index (χ0v) is 12.1. The molecule has 1 aliphatic heterocycles. The molecular weight excluding hydrogens is 254 g/mol. The maximum absolute atomic E-state index is 12.1. The zero-order valence-electron chi connectivity index (χ0n) is 12.1. The van der Waals surface area contributed by atoms with Gasteiger partial charge in [-0.25, -0.2) is 0 Å². The Kier molecular flexibility index (Phi) is 3.01. The Hall–Kier alpha value is -1.88. The van der Waals surface area contributed by atoms with Gasteiger partial charge < -0.3 is 10.1 Å². The van der Waals surface area contributed by atoms with Crippen molar-refractivity contribution in [2.45, 2.75) is 20.4 Å². The molecule has 0 saturated carbocycles. The quantitative estimate of drug-likeness (QED) is 0.922. The molecule has 2 aromatic rings. The number of aromatic nitrogens is 2. The molecule has 5 nitrogen and oxygen atoms in total. The average Bonchev–Trinajstić information content (AvgIpc) is 2.69. The number of carbonyl (C=O) groups is 1. The van der Waals surface area contributed by atoms with Gasteiger partial charge in [0.2, 0.25) is 5.91 Å². The second-order valence-electron chi connectivity index (χ2n) is 5.83. The molecule has 106 valence electrons. The fraction of sp³-hybridized carbons (Fsp3) is 0.467. The third-order valence-corrected chi connectivity index (χ3v) is 3.89. The third-order valence-electron chi connectivity index (χ3n) is 3.89. The van der Waals surface area contributed by atoms with E-state index in [1.807, 2.05) is 18.7 Å². The summed E-state index contributed by atoms with van der Waals surface area (Å²) >= 11 is 0. The van der Waals surface area contributed by atoms with Crippen LogP contribution in [-0.2, 0) is 23.1 Å². The van der Waals surface area contributed by atoms with E-state index in [1.165, 1.54) is 5.56 Å². The van der Waals surface area contributed by atoms with Crippen LogP contribution in [0.25, 0.3) is 10.9 Å². The van der Waals surface area contributed by atoms with Crippen LogP contribution >= 0.6 is 0 Å². The van der Waals surface area contributed by atoms with Gasteiger partial charge in [-0.15, -0.1) is 0 Å². The topological polar surface area (TPSA) is 56.1 Å². The Morgan fingerprint density at radius 1 is 1.50 bits per heavy atom. The molecule has 2 heterocycles. The first-order valence-electron chi connectivity index (χ1n) is 6.78. The van der Waals surface area contributed by atoms with E-state index in [4.69, 9.17) is 4.74 Å². The molecule has 1 aromatic carbocycles. The molecule has 1 saturated heterocycles. The first-order chi connectivity index (χ1) is 9.49. The van der Waals surface area contributed by atoms with E-state index in [1.54, 1.807) is 0 Å². The highest BCUT2D eigenvalue weighted by atomic mass is 16.5. The van der Waals surface area contributed by atoms with Gasteiger partial charge in [-0.2, -0.15) is 5.10 Å². The maximum Gasteiger partial charge on any atom is 0.230 e. The van der Waals surface area contributed by atoms with E-state index in [0.29, 0.717) is 19.8 Å². The molecule has 0 unspecified atom stereocenters. The molecule has 0 aliphatic carbocycles. The molecule has 1 aromatic heterocycles. The Labute approximate surface area is 117 Å². The van der Waals surface area contributed by atoms with Crippen molar-refractivity contribution >= 4 is 16.8 Å². The minimum absolute atomic E-state index is 0.0372. The summed E-state index contributed by atoms with van der Waals surface area (Å²) in [6, 6.07) is 6.24. The fourth-order valence-electron chi connectivity index (χ4n) is 2.50. The van der Waals surface area contributed by atoms with Gasteiger partial charge in [0.25, 0.3) is 0 Å². The Balaban J connectivity index is 1.81. The largest absolute Gasteiger partial charge is 0.379 e. The van der Waals surface area contributed by atoms with E-state index < -0.39 is 0 Å². The number of nitrogens with zero attached hydrogens (tertiary/aromatic N) is 2. The molecular formula is C15H19N3O2. The van der Waals surface area contributed by atoms with Crippen LogP contribution in [0.4, 0.5) is 0 Å². The number of rotatable bonds is 3. The lowest BCUT2D eigenvalue weighted by atomic mass is 9.87. The van der Waals surface area contributed by atoms with Crippen LogP contribution in [0.15, 0.2) is 18.2 Å². The number of carbonyl (C=O) groups excluding carboxylic acids is 1. The smallest absolute Gasteiger partial charge is 0.230 e. The average molecular weight is 273 g/mol. The molecule has 5 heteroatoms. The second-order valence-corrected chi connectivity index (χ2v) is 5.83. The van der Waals surface area contributed by atoms with Crippen LogP contribution < -0.4 is 5.32 Å². The maximum atomic E-state index is 12.1. The first-order valence-corrected chi connectivity index (χ1v) is 6.78. The number of amides is 1. The van der Waals surface area contributed by atoms with Crippen LogP contribution in [0.5, 0.6) is 0 Å². The van der Waals surface area contributed by atoms with Crippen LogP contribution in [-0.4, -0.2) is 28.9 Å². The number of nitrogens with one attached hydrogen (secondary N) is 1. The molecule has 0 radical (unpaired) electrons. The van der Waals surface area contributed by atoms with E-state index >= 15 is 0 Å². The number of aryl methyl sites for hydroxylation is 2. The lowest BCUT2D eigenvalue weighted by Crippen LogP contribution is -2.51. The number of fused-ring (bicyclic) bond motifs is 1. The summed E-state index contributed by atoms with van der Waals surface area (Å²) < 4.78 is 6.97. The summed E-state index contributed by atoms with van der Waals surface area (Å²) in [7, 11) is 1.92. The van der Waals surface area contributed by atoms with Gasteiger partial charge in [-0.1, -0.05) is 11.6 Å². The SMILES string of the molecule is Cc1ccc2c(c1)c(CNC(=O)C1(C)COC1)nn2C. The molecule has 1 aliphatic rings. The van der Waals surface area contributed by atoms with Gasteiger partial charge in [0.15, 0.2) is 0 Å². The third kappa shape index (κ3) is 2.08. The zero-order chi connectivity index (χ0) is 14.3.